The van der Waals surface area contributed by atoms with Crippen LogP contribution < -0.4 is 11.1 Å². The van der Waals surface area contributed by atoms with Crippen LogP contribution in [0.15, 0.2) is 59.8 Å². The molecule has 1 aliphatic rings. The van der Waals surface area contributed by atoms with Crippen molar-refractivity contribution < 1.29 is 35.9 Å². The second-order valence-electron chi connectivity index (χ2n) is 11.4. The monoisotopic (exact) mass is 633 g/mol. The van der Waals surface area contributed by atoms with Gasteiger partial charge in [-0.15, -0.1) is 0 Å². The molecule has 3 N–H and O–H groups in total. The first-order valence-electron chi connectivity index (χ1n) is 14.3. The largest absolute Gasteiger partial charge is 0.431 e. The van der Waals surface area contributed by atoms with E-state index in [1.807, 2.05) is 0 Å². The minimum atomic E-state index is -4.72. The highest BCUT2D eigenvalue weighted by atomic mass is 19.4. The molecule has 13 heteroatoms. The second-order valence-corrected chi connectivity index (χ2v) is 11.4. The third-order valence-corrected chi connectivity index (χ3v) is 8.67. The zero-order chi connectivity index (χ0) is 33.3. The molecule has 240 valence electrons. The number of hydrogen-bond donors (Lipinski definition) is 2. The van der Waals surface area contributed by atoms with Gasteiger partial charge in [0.2, 0.25) is 5.91 Å². The van der Waals surface area contributed by atoms with Crippen molar-refractivity contribution in [3.05, 3.63) is 89.0 Å². The number of benzene rings is 2. The van der Waals surface area contributed by atoms with Crippen molar-refractivity contribution in [2.75, 3.05) is 6.54 Å². The molecule has 3 unspecified atom stereocenters. The van der Waals surface area contributed by atoms with Crippen LogP contribution in [0.2, 0.25) is 0 Å². The number of hydrazone groups is 1. The highest BCUT2D eigenvalue weighted by Crippen LogP contribution is 2.47. The fourth-order valence-corrected chi connectivity index (χ4v) is 5.82. The van der Waals surface area contributed by atoms with Gasteiger partial charge in [-0.2, -0.15) is 18.3 Å². The number of nitrogens with one attached hydrogen (secondary N) is 1. The lowest BCUT2D eigenvalue weighted by molar-refractivity contribution is -0.123. The summed E-state index contributed by atoms with van der Waals surface area (Å²) in [5.41, 5.74) is 3.58. The Morgan fingerprint density at radius 1 is 1.09 bits per heavy atom. The molecular weight excluding hydrogens is 600 g/mol. The third-order valence-electron chi connectivity index (χ3n) is 8.67. The fraction of sp³-hybridized carbons (Fsp3) is 0.375. The molecule has 7 nitrogen and oxygen atoms in total. The van der Waals surface area contributed by atoms with E-state index in [-0.39, 0.29) is 23.2 Å². The standard InChI is InChI=1S/C32H33F6N5O2/c1-5-17(2)31(4)18(3)43(42-30(31)32(36,37)38)16-27(44)41-26(13-19-11-21(33)15-22(34)12-19)28-23(7-6-10-40-28)20-8-9-25(35)24(14-20)29(39)45/h6-12,14-15,17-18,26H,5,13,16H2,1-4H3,(H2,39,45)(H,41,44)/t17?,18?,26-,31?/m0/s1. The van der Waals surface area contributed by atoms with E-state index < -0.39 is 71.1 Å². The number of rotatable bonds is 10. The SMILES string of the molecule is CCC(C)C1(C)C(C(F)(F)F)=NN(CC(=O)N[C@@H](Cc2cc(F)cc(F)c2)c2ncccc2-c2ccc(F)c(C(N)=O)c2)C1C. The fourth-order valence-electron chi connectivity index (χ4n) is 5.82. The minimum Gasteiger partial charge on any atom is -0.366 e. The average Bonchev–Trinajstić information content (AvgIpc) is 3.22. The van der Waals surface area contributed by atoms with Gasteiger partial charge in [0.1, 0.15) is 29.7 Å². The Bertz CT molecular complexity index is 1610. The van der Waals surface area contributed by atoms with Crippen molar-refractivity contribution in [1.82, 2.24) is 15.3 Å². The predicted octanol–water partition coefficient (Wildman–Crippen LogP) is 6.34. The number of primary amides is 1. The van der Waals surface area contributed by atoms with Crippen LogP contribution in [0.4, 0.5) is 26.3 Å². The molecule has 4 rings (SSSR count). The molecule has 1 aliphatic heterocycles. The van der Waals surface area contributed by atoms with E-state index in [2.05, 4.69) is 15.4 Å². The summed E-state index contributed by atoms with van der Waals surface area (Å²) in [6.07, 6.45) is -3.04. The Hall–Kier alpha value is -4.42. The highest BCUT2D eigenvalue weighted by Gasteiger charge is 2.58. The van der Waals surface area contributed by atoms with Crippen LogP contribution >= 0.6 is 0 Å². The van der Waals surface area contributed by atoms with Gasteiger partial charge in [-0.3, -0.25) is 19.6 Å². The molecule has 3 aromatic rings. The Labute approximate surface area is 256 Å². The molecule has 2 aromatic carbocycles. The summed E-state index contributed by atoms with van der Waals surface area (Å²) in [6, 6.07) is 7.76. The minimum absolute atomic E-state index is 0.155. The first kappa shape index (κ1) is 33.5. The zero-order valence-corrected chi connectivity index (χ0v) is 25.1. The van der Waals surface area contributed by atoms with E-state index in [0.29, 0.717) is 23.6 Å². The number of carbonyl (C=O) groups is 2. The number of hydrogen-bond acceptors (Lipinski definition) is 5. The van der Waals surface area contributed by atoms with Gasteiger partial charge in [-0.05, 0) is 60.7 Å². The number of pyridine rings is 1. The average molecular weight is 634 g/mol. The van der Waals surface area contributed by atoms with Crippen LogP contribution in [0.5, 0.6) is 0 Å². The second kappa shape index (κ2) is 12.9. The Balaban J connectivity index is 1.73. The lowest BCUT2D eigenvalue weighted by atomic mass is 9.68. The Morgan fingerprint density at radius 2 is 1.76 bits per heavy atom. The van der Waals surface area contributed by atoms with Gasteiger partial charge in [-0.1, -0.05) is 39.3 Å². The first-order chi connectivity index (χ1) is 21.1. The predicted molar refractivity (Wildman–Crippen MR) is 156 cm³/mol. The summed E-state index contributed by atoms with van der Waals surface area (Å²) in [5, 5.41) is 7.71. The maximum Gasteiger partial charge on any atom is 0.431 e. The van der Waals surface area contributed by atoms with E-state index in [4.69, 9.17) is 5.73 Å². The van der Waals surface area contributed by atoms with Gasteiger partial charge >= 0.3 is 6.18 Å². The van der Waals surface area contributed by atoms with Crippen LogP contribution in [-0.4, -0.2) is 46.3 Å². The molecule has 45 heavy (non-hydrogen) atoms. The van der Waals surface area contributed by atoms with Crippen LogP contribution in [0.1, 0.15) is 61.8 Å². The van der Waals surface area contributed by atoms with E-state index in [9.17, 15) is 35.9 Å². The molecular formula is C32H33F6N5O2. The molecule has 1 aromatic heterocycles. The number of aromatic nitrogens is 1. The molecule has 4 atom stereocenters. The maximum atomic E-state index is 14.3. The van der Waals surface area contributed by atoms with Crippen molar-refractivity contribution in [2.45, 2.75) is 58.8 Å². The van der Waals surface area contributed by atoms with Crippen molar-refractivity contribution in [1.29, 1.82) is 0 Å². The van der Waals surface area contributed by atoms with Gasteiger partial charge in [0, 0.05) is 23.2 Å². The van der Waals surface area contributed by atoms with E-state index in [1.54, 1.807) is 32.9 Å². The quantitative estimate of drug-likeness (QED) is 0.255. The summed E-state index contributed by atoms with van der Waals surface area (Å²) in [4.78, 5) is 29.7. The molecule has 0 aliphatic carbocycles. The molecule has 0 saturated carbocycles. The maximum absolute atomic E-state index is 14.3. The van der Waals surface area contributed by atoms with E-state index in [1.165, 1.54) is 25.3 Å². The lowest BCUT2D eigenvalue weighted by Crippen LogP contribution is -2.49. The number of halogens is 6. The van der Waals surface area contributed by atoms with Gasteiger partial charge in [0.25, 0.3) is 5.91 Å². The molecule has 2 heterocycles. The van der Waals surface area contributed by atoms with Gasteiger partial charge in [0.15, 0.2) is 0 Å². The highest BCUT2D eigenvalue weighted by molar-refractivity contribution is 5.97. The molecule has 2 amide bonds. The molecule has 0 radical (unpaired) electrons. The first-order valence-corrected chi connectivity index (χ1v) is 14.3. The van der Waals surface area contributed by atoms with E-state index in [0.717, 1.165) is 23.2 Å². The molecule has 0 spiro atoms. The summed E-state index contributed by atoms with van der Waals surface area (Å²) < 4.78 is 84.8. The van der Waals surface area contributed by atoms with Crippen LogP contribution in [0.25, 0.3) is 11.1 Å². The topological polar surface area (TPSA) is 101 Å². The van der Waals surface area contributed by atoms with Gasteiger partial charge in [-0.25, -0.2) is 13.2 Å². The third kappa shape index (κ3) is 6.97. The van der Waals surface area contributed by atoms with Gasteiger partial charge < -0.3 is 11.1 Å². The normalized spacial score (nSPS) is 19.6. The Kier molecular flexibility index (Phi) is 9.59. The van der Waals surface area contributed by atoms with Crippen molar-refractivity contribution >= 4 is 17.5 Å². The van der Waals surface area contributed by atoms with Gasteiger partial charge in [0.05, 0.1) is 23.3 Å². The van der Waals surface area contributed by atoms with Crippen LogP contribution in [0.3, 0.4) is 0 Å². The van der Waals surface area contributed by atoms with Crippen LogP contribution in [0, 0.1) is 28.8 Å². The molecule has 0 bridgehead atoms. The number of amides is 2. The Morgan fingerprint density at radius 3 is 2.36 bits per heavy atom. The smallest absolute Gasteiger partial charge is 0.366 e. The summed E-state index contributed by atoms with van der Waals surface area (Å²) in [7, 11) is 0. The number of nitrogens with zero attached hydrogens (tertiary/aromatic N) is 3. The summed E-state index contributed by atoms with van der Waals surface area (Å²) in [5.74, 6) is -4.71. The van der Waals surface area contributed by atoms with Crippen molar-refractivity contribution in [2.24, 2.45) is 22.2 Å². The van der Waals surface area contributed by atoms with Crippen LogP contribution in [-0.2, 0) is 11.2 Å². The number of carbonyl (C=O) groups excluding carboxylic acids is 2. The van der Waals surface area contributed by atoms with Crippen molar-refractivity contribution in [3.8, 4) is 11.1 Å². The lowest BCUT2D eigenvalue weighted by Gasteiger charge is -2.38. The molecule has 0 fully saturated rings. The summed E-state index contributed by atoms with van der Waals surface area (Å²) in [6.45, 7) is 6.00. The number of alkyl halides is 3. The zero-order valence-electron chi connectivity index (χ0n) is 25.1. The molecule has 0 saturated heterocycles. The summed E-state index contributed by atoms with van der Waals surface area (Å²) >= 11 is 0. The van der Waals surface area contributed by atoms with E-state index >= 15 is 0 Å². The number of nitrogens with two attached hydrogens (primary N) is 1. The van der Waals surface area contributed by atoms with Crippen molar-refractivity contribution in [3.63, 3.8) is 0 Å².